The molecule has 0 heterocycles. The summed E-state index contributed by atoms with van der Waals surface area (Å²) in [6.07, 6.45) is 6.43. The lowest BCUT2D eigenvalue weighted by molar-refractivity contribution is -0.132. The van der Waals surface area contributed by atoms with E-state index in [-0.39, 0.29) is 5.57 Å². The number of hydrogen-bond donors (Lipinski definition) is 1. The van der Waals surface area contributed by atoms with Crippen LogP contribution >= 0.6 is 22.6 Å². The van der Waals surface area contributed by atoms with Gasteiger partial charge in [0.15, 0.2) is 0 Å². The second-order valence-corrected chi connectivity index (χ2v) is 3.98. The van der Waals surface area contributed by atoms with Gasteiger partial charge in [0.1, 0.15) is 0 Å². The molecule has 0 aliphatic carbocycles. The van der Waals surface area contributed by atoms with Gasteiger partial charge in [-0.2, -0.15) is 0 Å². The molecule has 2 nitrogen and oxygen atoms in total. The van der Waals surface area contributed by atoms with Crippen molar-refractivity contribution < 1.29 is 9.90 Å². The van der Waals surface area contributed by atoms with Crippen LogP contribution in [0.25, 0.3) is 0 Å². The molecule has 0 atom stereocenters. The molecule has 0 aromatic rings. The second-order valence-electron chi connectivity index (χ2n) is 2.28. The standard InChI is InChI=1S/C10H11IO2/c1-3-4-5-6-9(10(12)13)7-8(2)11/h3,5-7H,1-2H3,(H,12,13)/b8-7+,9-6+. The van der Waals surface area contributed by atoms with Crippen LogP contribution in [0.15, 0.2) is 39.2 Å². The average Bonchev–Trinajstić information content (AvgIpc) is 2.02. The molecular formula is C10H11IO2. The fraction of sp³-hybridized carbons (Fsp3) is 0.200. The van der Waals surface area contributed by atoms with E-state index in [1.54, 1.807) is 18.2 Å². The first-order valence-electron chi connectivity index (χ1n) is 3.72. The summed E-state index contributed by atoms with van der Waals surface area (Å²) in [7, 11) is 0. The van der Waals surface area contributed by atoms with Crippen molar-refractivity contribution in [1.29, 1.82) is 0 Å². The molecule has 0 aliphatic heterocycles. The maximum atomic E-state index is 10.7. The molecule has 0 bridgehead atoms. The summed E-state index contributed by atoms with van der Waals surface area (Å²) in [5, 5.41) is 8.75. The molecular weight excluding hydrogens is 279 g/mol. The van der Waals surface area contributed by atoms with Crippen LogP contribution in [0.3, 0.4) is 0 Å². The van der Waals surface area contributed by atoms with Gasteiger partial charge in [-0.1, -0.05) is 0 Å². The van der Waals surface area contributed by atoms with Crippen molar-refractivity contribution in [3.63, 3.8) is 0 Å². The summed E-state index contributed by atoms with van der Waals surface area (Å²) < 4.78 is 0.931. The van der Waals surface area contributed by atoms with E-state index in [2.05, 4.69) is 28.3 Å². The van der Waals surface area contributed by atoms with Crippen LogP contribution in [0, 0.1) is 0 Å². The molecule has 3 heteroatoms. The van der Waals surface area contributed by atoms with E-state index in [9.17, 15) is 4.79 Å². The Hall–Kier alpha value is -0.800. The summed E-state index contributed by atoms with van der Waals surface area (Å²) in [4.78, 5) is 10.7. The average molecular weight is 290 g/mol. The Morgan fingerprint density at radius 2 is 2.15 bits per heavy atom. The highest BCUT2D eigenvalue weighted by Crippen LogP contribution is 2.08. The molecule has 0 saturated heterocycles. The number of hydrogen-bond acceptors (Lipinski definition) is 1. The molecule has 0 radical (unpaired) electrons. The van der Waals surface area contributed by atoms with Gasteiger partial charge in [-0.25, -0.2) is 4.79 Å². The highest BCUT2D eigenvalue weighted by Gasteiger charge is 2.01. The van der Waals surface area contributed by atoms with Gasteiger partial charge in [-0.3, -0.25) is 0 Å². The molecule has 0 rings (SSSR count). The summed E-state index contributed by atoms with van der Waals surface area (Å²) >= 11 is 2.07. The van der Waals surface area contributed by atoms with Crippen LogP contribution in [-0.4, -0.2) is 11.1 Å². The normalized spacial score (nSPS) is 11.9. The van der Waals surface area contributed by atoms with E-state index in [4.69, 9.17) is 5.11 Å². The number of aliphatic carboxylic acids is 1. The lowest BCUT2D eigenvalue weighted by Crippen LogP contribution is -1.96. The number of carboxylic acids is 1. The van der Waals surface area contributed by atoms with Crippen LogP contribution in [0.5, 0.6) is 0 Å². The zero-order chi connectivity index (χ0) is 10.3. The molecule has 0 aromatic carbocycles. The summed E-state index contributed by atoms with van der Waals surface area (Å²) in [6, 6.07) is 0. The quantitative estimate of drug-likeness (QED) is 0.375. The maximum absolute atomic E-state index is 10.7. The molecule has 0 amide bonds. The van der Waals surface area contributed by atoms with Gasteiger partial charge in [0.2, 0.25) is 0 Å². The number of carbonyl (C=O) groups is 1. The minimum absolute atomic E-state index is 0.265. The van der Waals surface area contributed by atoms with Crippen LogP contribution in [0.1, 0.15) is 13.8 Å². The first-order chi connectivity index (χ1) is 6.07. The fourth-order valence-electron chi connectivity index (χ4n) is 0.630. The SMILES string of the molecule is CC=C=C/C=C(\C=C(/C)I)C(=O)O. The lowest BCUT2D eigenvalue weighted by Gasteiger charge is -1.92. The summed E-state index contributed by atoms with van der Waals surface area (Å²) in [5.41, 5.74) is 3.05. The van der Waals surface area contributed by atoms with Gasteiger partial charge in [-0.05, 0) is 64.3 Å². The van der Waals surface area contributed by atoms with Crippen LogP contribution in [0.4, 0.5) is 0 Å². The Kier molecular flexibility index (Phi) is 6.28. The van der Waals surface area contributed by atoms with Crippen molar-refractivity contribution in [1.82, 2.24) is 0 Å². The first-order valence-corrected chi connectivity index (χ1v) is 4.80. The topological polar surface area (TPSA) is 37.3 Å². The van der Waals surface area contributed by atoms with Gasteiger partial charge in [0, 0.05) is 0 Å². The highest BCUT2D eigenvalue weighted by atomic mass is 127. The van der Waals surface area contributed by atoms with Crippen molar-refractivity contribution in [2.75, 3.05) is 0 Å². The van der Waals surface area contributed by atoms with Crippen LogP contribution in [-0.2, 0) is 4.79 Å². The second kappa shape index (κ2) is 6.69. The molecule has 0 unspecified atom stereocenters. The molecule has 13 heavy (non-hydrogen) atoms. The van der Waals surface area contributed by atoms with E-state index in [1.807, 2.05) is 13.8 Å². The fourth-order valence-corrected chi connectivity index (χ4v) is 0.965. The third kappa shape index (κ3) is 6.37. The Labute approximate surface area is 91.5 Å². The number of rotatable bonds is 3. The zero-order valence-corrected chi connectivity index (χ0v) is 9.70. The third-order valence-corrected chi connectivity index (χ3v) is 1.44. The van der Waals surface area contributed by atoms with Crippen molar-refractivity contribution >= 4 is 28.6 Å². The van der Waals surface area contributed by atoms with Crippen LogP contribution in [0.2, 0.25) is 0 Å². The number of carboxylic acid groups (broad SMARTS) is 1. The summed E-state index contributed by atoms with van der Waals surface area (Å²) in [6.45, 7) is 3.67. The molecule has 0 fully saturated rings. The Morgan fingerprint density at radius 3 is 2.54 bits per heavy atom. The zero-order valence-electron chi connectivity index (χ0n) is 7.54. The smallest absolute Gasteiger partial charge is 0.335 e. The third-order valence-electron chi connectivity index (χ3n) is 1.13. The van der Waals surface area contributed by atoms with E-state index in [0.717, 1.165) is 3.58 Å². The predicted molar refractivity (Wildman–Crippen MR) is 61.8 cm³/mol. The van der Waals surface area contributed by atoms with Gasteiger partial charge in [-0.15, -0.1) is 5.73 Å². The van der Waals surface area contributed by atoms with E-state index in [1.165, 1.54) is 6.08 Å². The van der Waals surface area contributed by atoms with Gasteiger partial charge >= 0.3 is 5.97 Å². The largest absolute Gasteiger partial charge is 0.478 e. The highest BCUT2D eigenvalue weighted by molar-refractivity contribution is 14.1. The lowest BCUT2D eigenvalue weighted by atomic mass is 10.2. The van der Waals surface area contributed by atoms with Crippen molar-refractivity contribution in [2.45, 2.75) is 13.8 Å². The van der Waals surface area contributed by atoms with Gasteiger partial charge < -0.3 is 5.11 Å². The van der Waals surface area contributed by atoms with Gasteiger partial charge in [0.25, 0.3) is 0 Å². The van der Waals surface area contributed by atoms with E-state index in [0.29, 0.717) is 0 Å². The maximum Gasteiger partial charge on any atom is 0.335 e. The summed E-state index contributed by atoms with van der Waals surface area (Å²) in [5.74, 6) is -0.926. The van der Waals surface area contributed by atoms with Crippen molar-refractivity contribution in [3.8, 4) is 0 Å². The minimum Gasteiger partial charge on any atom is -0.478 e. The Bertz CT molecular complexity index is 301. The molecule has 70 valence electrons. The van der Waals surface area contributed by atoms with E-state index >= 15 is 0 Å². The van der Waals surface area contributed by atoms with Crippen LogP contribution < -0.4 is 0 Å². The van der Waals surface area contributed by atoms with Crippen molar-refractivity contribution in [2.24, 2.45) is 0 Å². The molecule has 0 aromatic heterocycles. The minimum atomic E-state index is -0.926. The van der Waals surface area contributed by atoms with E-state index < -0.39 is 5.97 Å². The molecule has 1 N–H and O–H groups in total. The first kappa shape index (κ1) is 12.2. The van der Waals surface area contributed by atoms with Crippen molar-refractivity contribution in [3.05, 3.63) is 39.2 Å². The van der Waals surface area contributed by atoms with Gasteiger partial charge in [0.05, 0.1) is 5.57 Å². The predicted octanol–water partition coefficient (Wildman–Crippen LogP) is 3.07. The molecule has 0 saturated carbocycles. The number of halogens is 1. The number of allylic oxidation sites excluding steroid dienone is 3. The Balaban J connectivity index is 4.82. The molecule has 0 aliphatic rings. The monoisotopic (exact) mass is 290 g/mol. The molecule has 0 spiro atoms. The Morgan fingerprint density at radius 1 is 1.54 bits per heavy atom.